The average molecular weight is 248 g/mol. The highest BCUT2D eigenvalue weighted by Gasteiger charge is 2.28. The van der Waals surface area contributed by atoms with Crippen LogP contribution >= 0.6 is 0 Å². The summed E-state index contributed by atoms with van der Waals surface area (Å²) in [4.78, 5) is 0. The summed E-state index contributed by atoms with van der Waals surface area (Å²) in [7, 11) is -2.38. The fraction of sp³-hybridized carbons (Fsp3) is 0.750. The fourth-order valence-electron chi connectivity index (χ4n) is 1.38. The Hall–Kier alpha value is -0.990. The number of aromatic nitrogens is 3. The van der Waals surface area contributed by atoms with Gasteiger partial charge in [0.1, 0.15) is 6.61 Å². The van der Waals surface area contributed by atoms with E-state index in [2.05, 4.69) is 10.2 Å². The van der Waals surface area contributed by atoms with E-state index in [1.807, 2.05) is 20.8 Å². The smallest absolute Gasteiger partial charge is 0.273 e. The predicted octanol–water partition coefficient (Wildman–Crippen LogP) is -0.173. The molecule has 0 bridgehead atoms. The second kappa shape index (κ2) is 4.11. The van der Waals surface area contributed by atoms with Crippen molar-refractivity contribution in [2.24, 2.45) is 5.14 Å². The summed E-state index contributed by atoms with van der Waals surface area (Å²) in [5, 5.41) is 12.2. The molecule has 2 N–H and O–H groups in total. The first kappa shape index (κ1) is 13.1. The van der Waals surface area contributed by atoms with Crippen molar-refractivity contribution in [3.05, 3.63) is 5.82 Å². The summed E-state index contributed by atoms with van der Waals surface area (Å²) in [5.74, 6) is 0.430. The number of sulfonamides is 1. The van der Waals surface area contributed by atoms with E-state index >= 15 is 0 Å². The van der Waals surface area contributed by atoms with E-state index in [-0.39, 0.29) is 11.8 Å². The molecule has 0 atom stereocenters. The maximum atomic E-state index is 11.3. The van der Waals surface area contributed by atoms with Gasteiger partial charge in [-0.15, -0.1) is 10.2 Å². The maximum absolute atomic E-state index is 11.3. The molecule has 16 heavy (non-hydrogen) atoms. The quantitative estimate of drug-likeness (QED) is 0.800. The van der Waals surface area contributed by atoms with Crippen molar-refractivity contribution in [3.63, 3.8) is 0 Å². The van der Waals surface area contributed by atoms with E-state index in [1.165, 1.54) is 11.7 Å². The number of nitrogens with zero attached hydrogens (tertiary/aromatic N) is 3. The third-order valence-electron chi connectivity index (χ3n) is 1.90. The highest BCUT2D eigenvalue weighted by molar-refractivity contribution is 7.89. The first-order valence-electron chi connectivity index (χ1n) is 4.64. The third kappa shape index (κ3) is 2.57. The largest absolute Gasteiger partial charge is 0.377 e. The summed E-state index contributed by atoms with van der Waals surface area (Å²) in [5.41, 5.74) is -0.487. The minimum absolute atomic E-state index is 0.180. The van der Waals surface area contributed by atoms with Gasteiger partial charge in [-0.2, -0.15) is 0 Å². The van der Waals surface area contributed by atoms with Gasteiger partial charge in [-0.1, -0.05) is 0 Å². The molecule has 92 valence electrons. The first-order chi connectivity index (χ1) is 7.18. The molecule has 8 heteroatoms. The Kier molecular flexibility index (Phi) is 3.36. The molecule has 0 aromatic carbocycles. The average Bonchev–Trinajstić information content (AvgIpc) is 2.46. The van der Waals surface area contributed by atoms with Crippen molar-refractivity contribution in [1.29, 1.82) is 0 Å². The maximum Gasteiger partial charge on any atom is 0.273 e. The van der Waals surface area contributed by atoms with E-state index < -0.39 is 15.6 Å². The lowest BCUT2D eigenvalue weighted by Gasteiger charge is -2.23. The molecule has 0 radical (unpaired) electrons. The monoisotopic (exact) mass is 248 g/mol. The van der Waals surface area contributed by atoms with Gasteiger partial charge in [0.15, 0.2) is 5.82 Å². The zero-order valence-corrected chi connectivity index (χ0v) is 10.6. The molecule has 0 amide bonds. The van der Waals surface area contributed by atoms with E-state index in [0.29, 0.717) is 5.82 Å². The lowest BCUT2D eigenvalue weighted by atomic mass is 10.1. The lowest BCUT2D eigenvalue weighted by Crippen LogP contribution is -2.30. The van der Waals surface area contributed by atoms with E-state index in [0.717, 1.165) is 0 Å². The standard InChI is InChI=1S/C8H16N4O3S/c1-8(2,3)12-6(5-15-4)10-11-7(12)16(9,13)14/h5H2,1-4H3,(H2,9,13,14). The number of rotatable bonds is 3. The Bertz CT molecular complexity index is 472. The van der Waals surface area contributed by atoms with Crippen molar-refractivity contribution in [3.8, 4) is 0 Å². The van der Waals surface area contributed by atoms with E-state index in [1.54, 1.807) is 0 Å². The zero-order chi connectivity index (χ0) is 12.6. The van der Waals surface area contributed by atoms with Crippen LogP contribution in [0.2, 0.25) is 0 Å². The Balaban J connectivity index is 3.43. The summed E-state index contributed by atoms with van der Waals surface area (Å²) in [6.07, 6.45) is 0. The SMILES string of the molecule is COCc1nnc(S(N)(=O)=O)n1C(C)(C)C. The highest BCUT2D eigenvalue weighted by Crippen LogP contribution is 2.21. The molecule has 0 aliphatic heterocycles. The van der Waals surface area contributed by atoms with Crippen molar-refractivity contribution in [1.82, 2.24) is 14.8 Å². The van der Waals surface area contributed by atoms with Crippen molar-refractivity contribution >= 4 is 10.0 Å². The van der Waals surface area contributed by atoms with Crippen molar-refractivity contribution in [2.45, 2.75) is 38.1 Å². The Labute approximate surface area is 94.7 Å². The molecule has 1 heterocycles. The van der Waals surface area contributed by atoms with Crippen LogP contribution in [0.4, 0.5) is 0 Å². The van der Waals surface area contributed by atoms with Gasteiger partial charge in [0.2, 0.25) is 0 Å². The van der Waals surface area contributed by atoms with Crippen LogP contribution in [0.25, 0.3) is 0 Å². The minimum Gasteiger partial charge on any atom is -0.377 e. The second-order valence-electron chi connectivity index (χ2n) is 4.38. The third-order valence-corrected chi connectivity index (χ3v) is 2.67. The summed E-state index contributed by atoms with van der Waals surface area (Å²) in [6.45, 7) is 5.69. The molecule has 0 saturated heterocycles. The molecule has 0 unspecified atom stereocenters. The van der Waals surface area contributed by atoms with E-state index in [9.17, 15) is 8.42 Å². The number of primary sulfonamides is 1. The van der Waals surface area contributed by atoms with Crippen LogP contribution in [0.3, 0.4) is 0 Å². The van der Waals surface area contributed by atoms with Crippen LogP contribution in [-0.2, 0) is 26.9 Å². The molecule has 0 saturated carbocycles. The molecular weight excluding hydrogens is 232 g/mol. The number of nitrogens with two attached hydrogens (primary N) is 1. The lowest BCUT2D eigenvalue weighted by molar-refractivity contribution is 0.166. The minimum atomic E-state index is -3.88. The Morgan fingerprint density at radius 3 is 2.31 bits per heavy atom. The van der Waals surface area contributed by atoms with Gasteiger partial charge >= 0.3 is 0 Å². The number of hydrogen-bond acceptors (Lipinski definition) is 5. The van der Waals surface area contributed by atoms with Crippen LogP contribution in [0.1, 0.15) is 26.6 Å². The zero-order valence-electron chi connectivity index (χ0n) is 9.76. The molecule has 7 nitrogen and oxygen atoms in total. The summed E-state index contributed by atoms with van der Waals surface area (Å²) >= 11 is 0. The Morgan fingerprint density at radius 1 is 1.38 bits per heavy atom. The van der Waals surface area contributed by atoms with Crippen molar-refractivity contribution in [2.75, 3.05) is 7.11 Å². The second-order valence-corrected chi connectivity index (χ2v) is 5.84. The molecule has 1 aromatic heterocycles. The number of ether oxygens (including phenoxy) is 1. The van der Waals surface area contributed by atoms with E-state index in [4.69, 9.17) is 9.88 Å². The van der Waals surface area contributed by atoms with Crippen molar-refractivity contribution < 1.29 is 13.2 Å². The molecule has 1 rings (SSSR count). The van der Waals surface area contributed by atoms with Crippen LogP contribution in [0.5, 0.6) is 0 Å². The van der Waals surface area contributed by atoms with Gasteiger partial charge in [0.05, 0.1) is 0 Å². The van der Waals surface area contributed by atoms with Crippen LogP contribution < -0.4 is 5.14 Å². The van der Waals surface area contributed by atoms with Gasteiger partial charge in [0.25, 0.3) is 15.2 Å². The van der Waals surface area contributed by atoms with Crippen LogP contribution in [-0.4, -0.2) is 30.3 Å². The topological polar surface area (TPSA) is 100 Å². The highest BCUT2D eigenvalue weighted by atomic mass is 32.2. The fourth-order valence-corrected chi connectivity index (χ4v) is 2.17. The van der Waals surface area contributed by atoms with Gasteiger partial charge in [-0.05, 0) is 20.8 Å². The van der Waals surface area contributed by atoms with Gasteiger partial charge in [0, 0.05) is 12.6 Å². The molecule has 0 aliphatic carbocycles. The van der Waals surface area contributed by atoms with Crippen LogP contribution in [0, 0.1) is 0 Å². The first-order valence-corrected chi connectivity index (χ1v) is 6.19. The molecule has 0 spiro atoms. The normalized spacial score (nSPS) is 13.1. The predicted molar refractivity (Wildman–Crippen MR) is 57.1 cm³/mol. The Morgan fingerprint density at radius 2 is 1.94 bits per heavy atom. The van der Waals surface area contributed by atoms with Gasteiger partial charge < -0.3 is 4.74 Å². The van der Waals surface area contributed by atoms with Gasteiger partial charge in [-0.3, -0.25) is 4.57 Å². The molecule has 1 aromatic rings. The molecule has 0 fully saturated rings. The van der Waals surface area contributed by atoms with Gasteiger partial charge in [-0.25, -0.2) is 13.6 Å². The summed E-state index contributed by atoms with van der Waals surface area (Å²) < 4.78 is 29.1. The number of hydrogen-bond donors (Lipinski definition) is 1. The van der Waals surface area contributed by atoms with Crippen LogP contribution in [0.15, 0.2) is 5.16 Å². The number of methoxy groups -OCH3 is 1. The summed E-state index contributed by atoms with van der Waals surface area (Å²) in [6, 6.07) is 0. The molecule has 0 aliphatic rings. The molecular formula is C8H16N4O3S.